The number of benzene rings is 1. The van der Waals surface area contributed by atoms with Crippen LogP contribution >= 0.6 is 11.6 Å². The highest BCUT2D eigenvalue weighted by Gasteiger charge is 2.29. The highest BCUT2D eigenvalue weighted by molar-refractivity contribution is 7.89. The summed E-state index contributed by atoms with van der Waals surface area (Å²) in [5, 5.41) is 21.1. The number of nitrogens with one attached hydrogen (secondary N) is 2. The number of hydrogen-bond donors (Lipinski definition) is 4. The Morgan fingerprint density at radius 1 is 1.13 bits per heavy atom. The molecule has 0 bridgehead atoms. The number of sulfonamides is 1. The molecule has 11 heteroatoms. The first-order valence-corrected chi connectivity index (χ1v) is 11.4. The minimum absolute atomic E-state index is 0.0121. The summed E-state index contributed by atoms with van der Waals surface area (Å²) in [6.45, 7) is 4.04. The van der Waals surface area contributed by atoms with Crippen LogP contribution in [0.4, 0.5) is 17.1 Å². The summed E-state index contributed by atoms with van der Waals surface area (Å²) < 4.78 is 28.9. The number of aliphatic hydroxyl groups excluding tert-OH is 1. The Balaban J connectivity index is 2.53. The van der Waals surface area contributed by atoms with Crippen LogP contribution in [0.15, 0.2) is 26.6 Å². The Morgan fingerprint density at radius 2 is 1.70 bits per heavy atom. The molecule has 0 radical (unpaired) electrons. The first-order valence-electron chi connectivity index (χ1n) is 9.49. The van der Waals surface area contributed by atoms with Gasteiger partial charge in [0.1, 0.15) is 16.3 Å². The first kappa shape index (κ1) is 24.3. The van der Waals surface area contributed by atoms with E-state index in [4.69, 9.17) is 21.5 Å². The highest BCUT2D eigenvalue weighted by Crippen LogP contribution is 2.37. The normalized spacial score (nSPS) is 13.0. The van der Waals surface area contributed by atoms with Gasteiger partial charge in [-0.3, -0.25) is 9.59 Å². The number of rotatable bonds is 11. The minimum Gasteiger partial charge on any atom is -0.377 e. The van der Waals surface area contributed by atoms with Crippen LogP contribution in [0.3, 0.4) is 0 Å². The number of primary sulfonamides is 1. The van der Waals surface area contributed by atoms with Crippen molar-refractivity contribution in [3.05, 3.63) is 43.2 Å². The second-order valence-electron chi connectivity index (χ2n) is 6.92. The molecule has 30 heavy (non-hydrogen) atoms. The third-order valence-corrected chi connectivity index (χ3v) is 6.13. The number of hydrogen-bond acceptors (Lipinski definition) is 8. The molecule has 166 valence electrons. The predicted molar refractivity (Wildman–Crippen MR) is 117 cm³/mol. The van der Waals surface area contributed by atoms with E-state index < -0.39 is 32.1 Å². The van der Waals surface area contributed by atoms with E-state index in [-0.39, 0.29) is 33.7 Å². The average molecular weight is 460 g/mol. The van der Waals surface area contributed by atoms with Crippen molar-refractivity contribution in [2.24, 2.45) is 5.14 Å². The van der Waals surface area contributed by atoms with Crippen LogP contribution in [0, 0.1) is 0 Å². The molecule has 0 fully saturated rings. The number of ether oxygens (including phenoxy) is 1. The Kier molecular flexibility index (Phi) is 8.00. The maximum Gasteiger partial charge on any atom is 0.253 e. The summed E-state index contributed by atoms with van der Waals surface area (Å²) in [7, 11) is -3.17. The minimum atomic E-state index is -4.33. The monoisotopic (exact) mass is 459 g/mol. The molecular formula is C19H26ClN3O6S. The van der Waals surface area contributed by atoms with Gasteiger partial charge >= 0.3 is 0 Å². The zero-order valence-electron chi connectivity index (χ0n) is 17.0. The molecule has 0 aliphatic heterocycles. The largest absolute Gasteiger partial charge is 0.377 e. The molecule has 1 atom stereocenters. The van der Waals surface area contributed by atoms with Gasteiger partial charge in [0.2, 0.25) is 10.0 Å². The van der Waals surface area contributed by atoms with Crippen LogP contribution in [0.2, 0.25) is 5.02 Å². The van der Waals surface area contributed by atoms with Crippen LogP contribution in [-0.4, -0.2) is 26.7 Å². The van der Waals surface area contributed by atoms with E-state index in [0.29, 0.717) is 0 Å². The van der Waals surface area contributed by atoms with E-state index in [1.54, 1.807) is 0 Å². The molecule has 0 saturated heterocycles. The van der Waals surface area contributed by atoms with E-state index in [1.807, 2.05) is 13.8 Å². The molecule has 0 saturated carbocycles. The smallest absolute Gasteiger partial charge is 0.253 e. The van der Waals surface area contributed by atoms with Gasteiger partial charge < -0.3 is 20.5 Å². The van der Waals surface area contributed by atoms with Crippen molar-refractivity contribution in [3.8, 4) is 0 Å². The number of nitrogens with two attached hydrogens (primary N) is 1. The molecule has 0 aromatic heterocycles. The van der Waals surface area contributed by atoms with Gasteiger partial charge in [-0.25, -0.2) is 13.6 Å². The lowest BCUT2D eigenvalue weighted by atomic mass is 10.0. The summed E-state index contributed by atoms with van der Waals surface area (Å²) >= 11 is 5.99. The van der Waals surface area contributed by atoms with Gasteiger partial charge in [0.25, 0.3) is 10.9 Å². The summed E-state index contributed by atoms with van der Waals surface area (Å²) in [5.74, 6) is 0. The van der Waals surface area contributed by atoms with Crippen molar-refractivity contribution in [1.82, 2.24) is 0 Å². The summed E-state index contributed by atoms with van der Waals surface area (Å²) in [6, 6.07) is 2.63. The lowest BCUT2D eigenvalue weighted by Gasteiger charge is -2.24. The summed E-state index contributed by atoms with van der Waals surface area (Å²) in [6.07, 6.45) is 1.73. The van der Waals surface area contributed by atoms with Gasteiger partial charge in [-0.1, -0.05) is 38.3 Å². The van der Waals surface area contributed by atoms with E-state index in [0.717, 1.165) is 32.8 Å². The van der Waals surface area contributed by atoms with Crippen molar-refractivity contribution in [2.45, 2.75) is 56.8 Å². The van der Waals surface area contributed by atoms with Gasteiger partial charge in [0, 0.05) is 18.8 Å². The van der Waals surface area contributed by atoms with E-state index >= 15 is 0 Å². The van der Waals surface area contributed by atoms with Gasteiger partial charge in [0.05, 0.1) is 10.6 Å². The molecule has 0 spiro atoms. The standard InChI is InChI=1S/C19H26ClN3O6S/c1-4-6-10(7-5-2)22-14-15(17(25)16(14)24)23-12-9-8-11(20)18(30(21,27)28)13(12)19(26)29-3/h8-10,19,22-23,26H,4-7H2,1-3H3,(H2,21,27,28). The molecule has 5 N–H and O–H groups in total. The van der Waals surface area contributed by atoms with Gasteiger partial charge in [-0.05, 0) is 25.0 Å². The molecule has 0 aliphatic rings. The molecule has 1 unspecified atom stereocenters. The topological polar surface area (TPSA) is 148 Å². The Labute approximate surface area is 179 Å². The van der Waals surface area contributed by atoms with Crippen molar-refractivity contribution < 1.29 is 18.3 Å². The molecule has 2 aromatic rings. The van der Waals surface area contributed by atoms with E-state index in [1.165, 1.54) is 12.1 Å². The molecule has 0 heterocycles. The Hall–Kier alpha value is -1.98. The van der Waals surface area contributed by atoms with Crippen LogP contribution < -0.4 is 26.6 Å². The SMILES string of the molecule is CCCC(CCC)Nc1c(Nc2ccc(Cl)c(S(N)(=O)=O)c2C(O)OC)c(=O)c1=O. The Morgan fingerprint density at radius 3 is 2.20 bits per heavy atom. The van der Waals surface area contributed by atoms with Crippen molar-refractivity contribution >= 4 is 38.7 Å². The number of halogens is 1. The molecule has 0 aliphatic carbocycles. The van der Waals surface area contributed by atoms with Gasteiger partial charge in [0.15, 0.2) is 6.29 Å². The maximum absolute atomic E-state index is 12.2. The zero-order valence-corrected chi connectivity index (χ0v) is 18.6. The lowest BCUT2D eigenvalue weighted by molar-refractivity contribution is -0.0782. The molecular weight excluding hydrogens is 434 g/mol. The van der Waals surface area contributed by atoms with Crippen LogP contribution in [0.5, 0.6) is 0 Å². The summed E-state index contributed by atoms with van der Waals surface area (Å²) in [5.41, 5.74) is -1.56. The Bertz CT molecular complexity index is 1070. The predicted octanol–water partition coefficient (Wildman–Crippen LogP) is 2.34. The average Bonchev–Trinajstić information content (AvgIpc) is 2.69. The molecule has 9 nitrogen and oxygen atoms in total. The zero-order chi connectivity index (χ0) is 22.6. The van der Waals surface area contributed by atoms with Gasteiger partial charge in [-0.15, -0.1) is 0 Å². The van der Waals surface area contributed by atoms with Crippen LogP contribution in [-0.2, 0) is 14.8 Å². The molecule has 2 aromatic carbocycles. The van der Waals surface area contributed by atoms with Crippen LogP contribution in [0.25, 0.3) is 0 Å². The highest BCUT2D eigenvalue weighted by atomic mass is 35.5. The fourth-order valence-corrected chi connectivity index (χ4v) is 4.65. The third kappa shape index (κ3) is 5.01. The van der Waals surface area contributed by atoms with Crippen molar-refractivity contribution in [2.75, 3.05) is 17.7 Å². The molecule has 0 amide bonds. The van der Waals surface area contributed by atoms with Crippen molar-refractivity contribution in [1.29, 1.82) is 0 Å². The number of aliphatic hydroxyl groups is 1. The second kappa shape index (κ2) is 9.88. The van der Waals surface area contributed by atoms with Crippen LogP contribution in [0.1, 0.15) is 51.4 Å². The fraction of sp³-hybridized carbons (Fsp3) is 0.474. The fourth-order valence-electron chi connectivity index (χ4n) is 3.31. The quantitative estimate of drug-likeness (QED) is 0.295. The number of anilines is 3. The number of methoxy groups -OCH3 is 1. The molecule has 2 rings (SSSR count). The van der Waals surface area contributed by atoms with E-state index in [9.17, 15) is 23.1 Å². The van der Waals surface area contributed by atoms with Crippen molar-refractivity contribution in [3.63, 3.8) is 0 Å². The van der Waals surface area contributed by atoms with Gasteiger partial charge in [-0.2, -0.15) is 0 Å². The third-order valence-electron chi connectivity index (χ3n) is 4.70. The second-order valence-corrected chi connectivity index (χ2v) is 8.83. The maximum atomic E-state index is 12.2. The summed E-state index contributed by atoms with van der Waals surface area (Å²) in [4.78, 5) is 23.8. The first-order chi connectivity index (χ1) is 14.1. The van der Waals surface area contributed by atoms with E-state index in [2.05, 4.69) is 10.6 Å². The lowest BCUT2D eigenvalue weighted by Crippen LogP contribution is -2.39.